The van der Waals surface area contributed by atoms with E-state index in [-0.39, 0.29) is 27.6 Å². The standard InChI is InChI=1S/C28H51N3O/c1-22(16-19-31(11)21-28(9,10)25(2,3)4)27(7,8)20-30-24(32)15-17-26(5,6)23-14-12-13-18-29-23/h12-14,18,22H,15-17,19-21H2,1-11H3,(H,30,32). The quantitative estimate of drug-likeness (QED) is 0.410. The Labute approximate surface area is 199 Å². The van der Waals surface area contributed by atoms with Crippen molar-refractivity contribution in [3.05, 3.63) is 30.1 Å². The number of hydrogen-bond donors (Lipinski definition) is 1. The van der Waals surface area contributed by atoms with Gasteiger partial charge in [0.05, 0.1) is 0 Å². The average molecular weight is 446 g/mol. The summed E-state index contributed by atoms with van der Waals surface area (Å²) in [7, 11) is 2.23. The molecule has 1 amide bonds. The molecule has 184 valence electrons. The van der Waals surface area contributed by atoms with E-state index in [4.69, 9.17) is 0 Å². The van der Waals surface area contributed by atoms with Gasteiger partial charge in [-0.05, 0) is 60.7 Å². The Morgan fingerprint density at radius 2 is 1.69 bits per heavy atom. The number of carbonyl (C=O) groups excluding carboxylic acids is 1. The molecule has 0 saturated carbocycles. The minimum Gasteiger partial charge on any atom is -0.356 e. The van der Waals surface area contributed by atoms with Crippen molar-refractivity contribution in [2.75, 3.05) is 26.7 Å². The summed E-state index contributed by atoms with van der Waals surface area (Å²) in [4.78, 5) is 19.5. The van der Waals surface area contributed by atoms with Crippen molar-refractivity contribution >= 4 is 5.91 Å². The first-order valence-electron chi connectivity index (χ1n) is 12.3. The van der Waals surface area contributed by atoms with Gasteiger partial charge in [-0.15, -0.1) is 0 Å². The zero-order valence-corrected chi connectivity index (χ0v) is 22.9. The lowest BCUT2D eigenvalue weighted by molar-refractivity contribution is -0.122. The monoisotopic (exact) mass is 445 g/mol. The third-order valence-corrected chi connectivity index (χ3v) is 8.05. The maximum absolute atomic E-state index is 12.6. The van der Waals surface area contributed by atoms with Crippen LogP contribution in [0.4, 0.5) is 0 Å². The Morgan fingerprint density at radius 1 is 1.06 bits per heavy atom. The fourth-order valence-electron chi connectivity index (χ4n) is 3.70. The molecule has 32 heavy (non-hydrogen) atoms. The summed E-state index contributed by atoms with van der Waals surface area (Å²) < 4.78 is 0. The zero-order chi connectivity index (χ0) is 24.8. The molecule has 0 aliphatic heterocycles. The molecule has 1 rings (SSSR count). The molecule has 1 aromatic heterocycles. The average Bonchev–Trinajstić information content (AvgIpc) is 2.68. The minimum atomic E-state index is -0.104. The number of nitrogens with zero attached hydrogens (tertiary/aromatic N) is 2. The molecule has 0 spiro atoms. The number of pyridine rings is 1. The van der Waals surface area contributed by atoms with E-state index in [9.17, 15) is 4.79 Å². The van der Waals surface area contributed by atoms with Gasteiger partial charge in [0, 0.05) is 36.8 Å². The lowest BCUT2D eigenvalue weighted by Gasteiger charge is -2.42. The van der Waals surface area contributed by atoms with Crippen molar-refractivity contribution in [1.29, 1.82) is 0 Å². The van der Waals surface area contributed by atoms with Crippen molar-refractivity contribution < 1.29 is 4.79 Å². The smallest absolute Gasteiger partial charge is 0.220 e. The van der Waals surface area contributed by atoms with E-state index in [0.717, 1.165) is 31.6 Å². The molecule has 1 heterocycles. The van der Waals surface area contributed by atoms with Gasteiger partial charge in [0.15, 0.2) is 0 Å². The highest BCUT2D eigenvalue weighted by Crippen LogP contribution is 2.38. The molecule has 0 radical (unpaired) electrons. The molecule has 0 aromatic carbocycles. The molecular weight excluding hydrogens is 394 g/mol. The molecule has 4 nitrogen and oxygen atoms in total. The van der Waals surface area contributed by atoms with Gasteiger partial charge in [0.25, 0.3) is 0 Å². The number of aromatic nitrogens is 1. The van der Waals surface area contributed by atoms with E-state index in [1.54, 1.807) is 0 Å². The summed E-state index contributed by atoms with van der Waals surface area (Å²) in [5.74, 6) is 0.659. The Morgan fingerprint density at radius 3 is 2.22 bits per heavy atom. The van der Waals surface area contributed by atoms with Crippen LogP contribution in [0, 0.1) is 22.2 Å². The minimum absolute atomic E-state index is 0.0621. The Hall–Kier alpha value is -1.42. The van der Waals surface area contributed by atoms with Crippen molar-refractivity contribution in [3.63, 3.8) is 0 Å². The Bertz CT molecular complexity index is 701. The number of amides is 1. The van der Waals surface area contributed by atoms with Crippen LogP contribution in [0.3, 0.4) is 0 Å². The summed E-state index contributed by atoms with van der Waals surface area (Å²) in [6.45, 7) is 25.8. The van der Waals surface area contributed by atoms with Crippen LogP contribution in [-0.2, 0) is 10.2 Å². The van der Waals surface area contributed by atoms with Crippen LogP contribution < -0.4 is 5.32 Å². The van der Waals surface area contributed by atoms with E-state index >= 15 is 0 Å². The molecule has 0 fully saturated rings. The van der Waals surface area contributed by atoms with Crippen molar-refractivity contribution in [2.24, 2.45) is 22.2 Å². The van der Waals surface area contributed by atoms with Gasteiger partial charge < -0.3 is 10.2 Å². The lowest BCUT2D eigenvalue weighted by Crippen LogP contribution is -2.42. The van der Waals surface area contributed by atoms with Crippen LogP contribution >= 0.6 is 0 Å². The van der Waals surface area contributed by atoms with Crippen LogP contribution in [0.2, 0.25) is 0 Å². The van der Waals surface area contributed by atoms with Gasteiger partial charge in [0.2, 0.25) is 5.91 Å². The normalized spacial score (nSPS) is 14.5. The van der Waals surface area contributed by atoms with Crippen LogP contribution in [0.5, 0.6) is 0 Å². The highest BCUT2D eigenvalue weighted by molar-refractivity contribution is 5.76. The predicted molar refractivity (Wildman–Crippen MR) is 138 cm³/mol. The summed E-state index contributed by atoms with van der Waals surface area (Å²) in [5.41, 5.74) is 1.54. The number of rotatable bonds is 12. The lowest BCUT2D eigenvalue weighted by atomic mass is 9.69. The Kier molecular flexibility index (Phi) is 9.96. The maximum atomic E-state index is 12.6. The largest absolute Gasteiger partial charge is 0.356 e. The molecular formula is C28H51N3O. The van der Waals surface area contributed by atoms with Gasteiger partial charge in [0.1, 0.15) is 0 Å². The van der Waals surface area contributed by atoms with E-state index in [2.05, 4.69) is 91.5 Å². The first-order valence-corrected chi connectivity index (χ1v) is 12.3. The molecule has 0 aliphatic rings. The summed E-state index contributed by atoms with van der Waals surface area (Å²) in [5, 5.41) is 3.20. The highest BCUT2D eigenvalue weighted by atomic mass is 16.1. The van der Waals surface area contributed by atoms with Gasteiger partial charge in [-0.2, -0.15) is 0 Å². The second kappa shape index (κ2) is 11.1. The number of hydrogen-bond acceptors (Lipinski definition) is 3. The van der Waals surface area contributed by atoms with Crippen LogP contribution in [0.25, 0.3) is 0 Å². The first kappa shape index (κ1) is 28.6. The summed E-state index contributed by atoms with van der Waals surface area (Å²) in [6.07, 6.45) is 4.27. The van der Waals surface area contributed by atoms with E-state index in [1.165, 1.54) is 0 Å². The molecule has 0 aliphatic carbocycles. The molecule has 1 atom stereocenters. The van der Waals surface area contributed by atoms with Gasteiger partial charge in [-0.3, -0.25) is 9.78 Å². The SMILES string of the molecule is CC(CCN(C)CC(C)(C)C(C)(C)C)C(C)(C)CNC(=O)CCC(C)(C)c1ccccn1. The summed E-state index contributed by atoms with van der Waals surface area (Å²) >= 11 is 0. The van der Waals surface area contributed by atoms with Gasteiger partial charge in [-0.1, -0.05) is 75.3 Å². The van der Waals surface area contributed by atoms with Crippen LogP contribution in [0.1, 0.15) is 94.2 Å². The second-order valence-corrected chi connectivity index (χ2v) is 12.9. The van der Waals surface area contributed by atoms with Gasteiger partial charge >= 0.3 is 0 Å². The maximum Gasteiger partial charge on any atom is 0.220 e. The summed E-state index contributed by atoms with van der Waals surface area (Å²) in [6, 6.07) is 5.98. The highest BCUT2D eigenvalue weighted by Gasteiger charge is 2.34. The molecule has 1 unspecified atom stereocenters. The van der Waals surface area contributed by atoms with E-state index in [1.807, 2.05) is 24.4 Å². The third-order valence-electron chi connectivity index (χ3n) is 8.05. The molecule has 1 aromatic rings. The molecule has 4 heteroatoms. The second-order valence-electron chi connectivity index (χ2n) is 12.9. The molecule has 0 saturated heterocycles. The fraction of sp³-hybridized carbons (Fsp3) is 0.786. The predicted octanol–water partition coefficient (Wildman–Crippen LogP) is 6.31. The van der Waals surface area contributed by atoms with Crippen molar-refractivity contribution in [1.82, 2.24) is 15.2 Å². The zero-order valence-electron chi connectivity index (χ0n) is 22.9. The topological polar surface area (TPSA) is 45.2 Å². The fourth-order valence-corrected chi connectivity index (χ4v) is 3.70. The number of carbonyl (C=O) groups is 1. The van der Waals surface area contributed by atoms with E-state index in [0.29, 0.717) is 18.9 Å². The molecule has 1 N–H and O–H groups in total. The van der Waals surface area contributed by atoms with Gasteiger partial charge in [-0.25, -0.2) is 0 Å². The van der Waals surface area contributed by atoms with Crippen LogP contribution in [0.15, 0.2) is 24.4 Å². The van der Waals surface area contributed by atoms with Crippen molar-refractivity contribution in [3.8, 4) is 0 Å². The molecule has 0 bridgehead atoms. The third kappa shape index (κ3) is 8.84. The van der Waals surface area contributed by atoms with Crippen molar-refractivity contribution in [2.45, 2.75) is 93.9 Å². The van der Waals surface area contributed by atoms with Crippen LogP contribution in [-0.4, -0.2) is 42.5 Å². The Balaban J connectivity index is 2.46. The number of nitrogens with one attached hydrogen (secondary N) is 1. The first-order chi connectivity index (χ1) is 14.5. The van der Waals surface area contributed by atoms with E-state index < -0.39 is 0 Å².